The molecule has 0 unspecified atom stereocenters. The number of hydroxylamine groups is 1. The molecular weight excluding hydrogens is 252 g/mol. The van der Waals surface area contributed by atoms with Gasteiger partial charge in [0.05, 0.1) is 12.3 Å². The average molecular weight is 269 g/mol. The van der Waals surface area contributed by atoms with Crippen molar-refractivity contribution in [1.29, 1.82) is 0 Å². The molecule has 0 aliphatic carbocycles. The van der Waals surface area contributed by atoms with Gasteiger partial charge in [-0.25, -0.2) is 4.79 Å². The maximum absolute atomic E-state index is 11.9. The van der Waals surface area contributed by atoms with Gasteiger partial charge in [-0.1, -0.05) is 18.2 Å². The molecule has 1 aromatic carbocycles. The number of benzene rings is 1. The highest BCUT2D eigenvalue weighted by molar-refractivity contribution is 6.17. The van der Waals surface area contributed by atoms with Crippen molar-refractivity contribution in [2.45, 2.75) is 19.3 Å². The van der Waals surface area contributed by atoms with Gasteiger partial charge < -0.3 is 5.32 Å². The monoisotopic (exact) mass is 268 g/mol. The van der Waals surface area contributed by atoms with E-state index in [9.17, 15) is 4.79 Å². The van der Waals surface area contributed by atoms with Gasteiger partial charge in [-0.05, 0) is 30.9 Å². The van der Waals surface area contributed by atoms with Crippen molar-refractivity contribution in [3.05, 3.63) is 29.8 Å². The summed E-state index contributed by atoms with van der Waals surface area (Å²) in [6.45, 7) is 1.13. The van der Waals surface area contributed by atoms with Crippen LogP contribution in [0.3, 0.4) is 0 Å². The minimum absolute atomic E-state index is 0.203. The summed E-state index contributed by atoms with van der Waals surface area (Å²) in [7, 11) is 0. The lowest BCUT2D eigenvalue weighted by Gasteiger charge is -2.21. The molecule has 98 valence electrons. The second-order valence-electron chi connectivity index (χ2n) is 4.13. The molecule has 4 nitrogen and oxygen atoms in total. The van der Waals surface area contributed by atoms with Crippen LogP contribution in [0, 0.1) is 0 Å². The Labute approximate surface area is 112 Å². The maximum atomic E-state index is 11.9. The van der Waals surface area contributed by atoms with Crippen LogP contribution in [0.1, 0.15) is 18.4 Å². The van der Waals surface area contributed by atoms with Gasteiger partial charge in [0.1, 0.15) is 0 Å². The normalized spacial score (nSPS) is 14.9. The van der Waals surface area contributed by atoms with Crippen molar-refractivity contribution < 1.29 is 9.63 Å². The van der Waals surface area contributed by atoms with Crippen molar-refractivity contribution >= 4 is 23.3 Å². The number of carbonyl (C=O) groups is 1. The Balaban J connectivity index is 2.08. The molecule has 1 N–H and O–H groups in total. The molecule has 1 aliphatic heterocycles. The third-order valence-electron chi connectivity index (χ3n) is 2.81. The number of carbonyl (C=O) groups excluding carboxylic acids is 1. The van der Waals surface area contributed by atoms with Gasteiger partial charge >= 0.3 is 6.03 Å². The van der Waals surface area contributed by atoms with Gasteiger partial charge in [-0.15, -0.1) is 11.6 Å². The van der Waals surface area contributed by atoms with Crippen LogP contribution >= 0.6 is 11.6 Å². The Bertz CT molecular complexity index is 412. The number of nitrogens with one attached hydrogen (secondary N) is 1. The first-order valence-electron chi connectivity index (χ1n) is 6.17. The van der Waals surface area contributed by atoms with Crippen LogP contribution in [0.4, 0.5) is 10.5 Å². The highest BCUT2D eigenvalue weighted by atomic mass is 35.5. The van der Waals surface area contributed by atoms with Crippen molar-refractivity contribution in [2.24, 2.45) is 0 Å². The molecule has 18 heavy (non-hydrogen) atoms. The van der Waals surface area contributed by atoms with Gasteiger partial charge in [0.2, 0.25) is 0 Å². The number of nitrogens with zero attached hydrogens (tertiary/aromatic N) is 1. The lowest BCUT2D eigenvalue weighted by atomic mass is 10.1. The minimum Gasteiger partial charge on any atom is -0.336 e. The largest absolute Gasteiger partial charge is 0.346 e. The molecule has 0 aromatic heterocycles. The smallest absolute Gasteiger partial charge is 0.336 e. The number of para-hydroxylation sites is 1. The first-order chi connectivity index (χ1) is 8.83. The second-order valence-corrected chi connectivity index (χ2v) is 4.51. The lowest BCUT2D eigenvalue weighted by molar-refractivity contribution is 0.115. The van der Waals surface area contributed by atoms with Gasteiger partial charge in [-0.2, -0.15) is 5.06 Å². The summed E-state index contributed by atoms with van der Waals surface area (Å²) >= 11 is 5.61. The summed E-state index contributed by atoms with van der Waals surface area (Å²) < 4.78 is 0. The molecule has 0 saturated carbocycles. The number of hydrogen-bond donors (Lipinski definition) is 1. The number of hydrogen-bond acceptors (Lipinski definition) is 2. The Morgan fingerprint density at radius 3 is 3.00 bits per heavy atom. The van der Waals surface area contributed by atoms with E-state index in [-0.39, 0.29) is 6.03 Å². The Morgan fingerprint density at radius 1 is 1.33 bits per heavy atom. The second kappa shape index (κ2) is 6.61. The van der Waals surface area contributed by atoms with Crippen LogP contribution in [0.2, 0.25) is 0 Å². The number of urea groups is 1. The fourth-order valence-electron chi connectivity index (χ4n) is 1.89. The molecule has 0 atom stereocenters. The van der Waals surface area contributed by atoms with Crippen LogP contribution in [-0.4, -0.2) is 25.1 Å². The van der Waals surface area contributed by atoms with Crippen molar-refractivity contribution in [1.82, 2.24) is 5.32 Å². The van der Waals surface area contributed by atoms with Crippen molar-refractivity contribution in [2.75, 3.05) is 24.1 Å². The van der Waals surface area contributed by atoms with Crippen molar-refractivity contribution in [3.63, 3.8) is 0 Å². The molecule has 1 aromatic rings. The van der Waals surface area contributed by atoms with Gasteiger partial charge in [0.15, 0.2) is 0 Å². The number of anilines is 1. The summed E-state index contributed by atoms with van der Waals surface area (Å²) in [4.78, 5) is 17.5. The number of alkyl halides is 1. The minimum atomic E-state index is -0.203. The highest BCUT2D eigenvalue weighted by Crippen LogP contribution is 2.23. The van der Waals surface area contributed by atoms with E-state index in [1.54, 1.807) is 0 Å². The van der Waals surface area contributed by atoms with Crippen LogP contribution in [0.25, 0.3) is 0 Å². The Kier molecular flexibility index (Phi) is 4.84. The number of unbranched alkanes of at least 4 members (excludes halogenated alkanes) is 1. The van der Waals surface area contributed by atoms with Crippen LogP contribution in [0.15, 0.2) is 24.3 Å². The summed E-state index contributed by atoms with van der Waals surface area (Å²) in [6.07, 6.45) is 2.55. The molecular formula is C13H17ClN2O2. The predicted octanol–water partition coefficient (Wildman–Crippen LogP) is 2.71. The number of rotatable bonds is 5. The SMILES string of the molecule is O=C1NCCc2ccccc2N1OCCCCCl. The van der Waals surface area contributed by atoms with Gasteiger partial charge in [0.25, 0.3) is 0 Å². The van der Waals surface area contributed by atoms with E-state index in [1.165, 1.54) is 5.06 Å². The van der Waals surface area contributed by atoms with E-state index in [0.717, 1.165) is 30.5 Å². The van der Waals surface area contributed by atoms with E-state index in [1.807, 2.05) is 24.3 Å². The molecule has 0 saturated heterocycles. The van der Waals surface area contributed by atoms with Gasteiger partial charge in [-0.3, -0.25) is 4.84 Å². The summed E-state index contributed by atoms with van der Waals surface area (Å²) in [6, 6.07) is 7.60. The van der Waals surface area contributed by atoms with E-state index in [4.69, 9.17) is 16.4 Å². The number of halogens is 1. The zero-order valence-electron chi connectivity index (χ0n) is 10.2. The molecule has 5 heteroatoms. The molecule has 1 aliphatic rings. The summed E-state index contributed by atoms with van der Waals surface area (Å²) in [5.74, 6) is 0.617. The third-order valence-corrected chi connectivity index (χ3v) is 3.08. The molecule has 1 heterocycles. The predicted molar refractivity (Wildman–Crippen MR) is 71.9 cm³/mol. The summed E-state index contributed by atoms with van der Waals surface area (Å²) in [5, 5.41) is 4.18. The topological polar surface area (TPSA) is 41.6 Å². The molecule has 0 fully saturated rings. The maximum Gasteiger partial charge on any atom is 0.346 e. The van der Waals surface area contributed by atoms with Crippen molar-refractivity contribution in [3.8, 4) is 0 Å². The first-order valence-corrected chi connectivity index (χ1v) is 6.71. The molecule has 0 spiro atoms. The molecule has 0 radical (unpaired) electrons. The third kappa shape index (κ3) is 3.15. The van der Waals surface area contributed by atoms with E-state index < -0.39 is 0 Å². The summed E-state index contributed by atoms with van der Waals surface area (Å²) in [5.41, 5.74) is 1.95. The Morgan fingerprint density at radius 2 is 2.17 bits per heavy atom. The zero-order chi connectivity index (χ0) is 12.8. The highest BCUT2D eigenvalue weighted by Gasteiger charge is 2.22. The van der Waals surface area contributed by atoms with Crippen LogP contribution < -0.4 is 10.4 Å². The molecule has 2 rings (SSSR count). The fraction of sp³-hybridized carbons (Fsp3) is 0.462. The van der Waals surface area contributed by atoms with Gasteiger partial charge in [0, 0.05) is 12.4 Å². The van der Waals surface area contributed by atoms with Crippen LogP contribution in [0.5, 0.6) is 0 Å². The van der Waals surface area contributed by atoms with E-state index in [2.05, 4.69) is 5.32 Å². The fourth-order valence-corrected chi connectivity index (χ4v) is 2.08. The first kappa shape index (κ1) is 13.2. The molecule has 2 amide bonds. The lowest BCUT2D eigenvalue weighted by Crippen LogP contribution is -2.39. The zero-order valence-corrected chi connectivity index (χ0v) is 10.9. The molecule has 0 bridgehead atoms. The average Bonchev–Trinajstić information content (AvgIpc) is 2.54. The van der Waals surface area contributed by atoms with E-state index in [0.29, 0.717) is 19.0 Å². The van der Waals surface area contributed by atoms with E-state index >= 15 is 0 Å². The van der Waals surface area contributed by atoms with Crippen LogP contribution in [-0.2, 0) is 11.3 Å². The quantitative estimate of drug-likeness (QED) is 0.659. The standard InChI is InChI=1S/C13H17ClN2O2/c14-8-3-4-10-18-16-12-6-2-1-5-11(12)7-9-15-13(16)17/h1-2,5-6H,3-4,7-10H2,(H,15,17). The number of amides is 2. The number of fused-ring (bicyclic) bond motifs is 1. The Hall–Kier alpha value is -1.26.